The van der Waals surface area contributed by atoms with Gasteiger partial charge in [0.2, 0.25) is 0 Å². The summed E-state index contributed by atoms with van der Waals surface area (Å²) in [6.07, 6.45) is 7.85. The molecule has 1 rings (SSSR count). The van der Waals surface area contributed by atoms with Crippen molar-refractivity contribution >= 4 is 15.0 Å². The summed E-state index contributed by atoms with van der Waals surface area (Å²) in [5, 5.41) is 2.86. The zero-order valence-electron chi connectivity index (χ0n) is 8.05. The standard InChI is InChI=1S/C10H20OSe/c1-2-3-4-5-6-7-12-9-10-8-11-10/h10H,2-9H2,1H3. The monoisotopic (exact) mass is 236 g/mol. The molecule has 0 aromatic carbocycles. The van der Waals surface area contributed by atoms with Crippen LogP contribution in [0, 0.1) is 0 Å². The number of hydrogen-bond acceptors (Lipinski definition) is 1. The summed E-state index contributed by atoms with van der Waals surface area (Å²) in [7, 11) is 0. The van der Waals surface area contributed by atoms with Gasteiger partial charge in [0.25, 0.3) is 0 Å². The quantitative estimate of drug-likeness (QED) is 0.358. The average Bonchev–Trinajstić information content (AvgIpc) is 2.87. The van der Waals surface area contributed by atoms with Gasteiger partial charge in [0.05, 0.1) is 0 Å². The number of rotatable bonds is 8. The van der Waals surface area contributed by atoms with E-state index in [1.807, 2.05) is 0 Å². The fourth-order valence-electron chi connectivity index (χ4n) is 1.19. The van der Waals surface area contributed by atoms with Gasteiger partial charge in [-0.1, -0.05) is 0 Å². The summed E-state index contributed by atoms with van der Waals surface area (Å²) >= 11 is 0.882. The zero-order valence-corrected chi connectivity index (χ0v) is 9.76. The van der Waals surface area contributed by atoms with E-state index in [1.54, 1.807) is 0 Å². The number of ether oxygens (including phenoxy) is 1. The van der Waals surface area contributed by atoms with Gasteiger partial charge in [-0.15, -0.1) is 0 Å². The number of epoxide rings is 1. The molecule has 1 heterocycles. The molecule has 1 atom stereocenters. The molecule has 0 bridgehead atoms. The fraction of sp³-hybridized carbons (Fsp3) is 1.00. The molecule has 0 N–H and O–H groups in total. The van der Waals surface area contributed by atoms with Crippen molar-refractivity contribution in [2.24, 2.45) is 0 Å². The summed E-state index contributed by atoms with van der Waals surface area (Å²) in [5.74, 6) is 0. The summed E-state index contributed by atoms with van der Waals surface area (Å²) in [4.78, 5) is 0. The van der Waals surface area contributed by atoms with Crippen LogP contribution in [-0.4, -0.2) is 27.7 Å². The average molecular weight is 235 g/mol. The van der Waals surface area contributed by atoms with Crippen LogP contribution in [-0.2, 0) is 4.74 Å². The second-order valence-corrected chi connectivity index (χ2v) is 5.86. The molecule has 0 aromatic heterocycles. The van der Waals surface area contributed by atoms with Crippen molar-refractivity contribution in [3.05, 3.63) is 0 Å². The first-order chi connectivity index (χ1) is 5.93. The Labute approximate surface area is 82.4 Å². The Morgan fingerprint density at radius 1 is 1.25 bits per heavy atom. The normalized spacial score (nSPS) is 21.2. The molecule has 0 amide bonds. The Bertz CT molecular complexity index is 102. The first-order valence-corrected chi connectivity index (χ1v) is 7.55. The van der Waals surface area contributed by atoms with E-state index < -0.39 is 0 Å². The predicted octanol–water partition coefficient (Wildman–Crippen LogP) is 2.90. The minimum absolute atomic E-state index is 0.681. The van der Waals surface area contributed by atoms with Crippen LogP contribution in [0.15, 0.2) is 0 Å². The van der Waals surface area contributed by atoms with Gasteiger partial charge in [0.15, 0.2) is 0 Å². The van der Waals surface area contributed by atoms with Crippen LogP contribution in [0.4, 0.5) is 0 Å². The topological polar surface area (TPSA) is 12.5 Å². The van der Waals surface area contributed by atoms with E-state index in [2.05, 4.69) is 6.92 Å². The molecule has 0 spiro atoms. The molecular formula is C10H20OSe. The van der Waals surface area contributed by atoms with Crippen molar-refractivity contribution in [2.45, 2.75) is 55.8 Å². The van der Waals surface area contributed by atoms with E-state index in [0.717, 1.165) is 21.6 Å². The van der Waals surface area contributed by atoms with Crippen molar-refractivity contribution in [3.8, 4) is 0 Å². The third-order valence-corrected chi connectivity index (χ3v) is 4.58. The predicted molar refractivity (Wildman–Crippen MR) is 53.9 cm³/mol. The number of hydrogen-bond donors (Lipinski definition) is 0. The van der Waals surface area contributed by atoms with Gasteiger partial charge in [0, 0.05) is 0 Å². The van der Waals surface area contributed by atoms with Crippen molar-refractivity contribution < 1.29 is 4.74 Å². The molecule has 0 saturated carbocycles. The van der Waals surface area contributed by atoms with Crippen molar-refractivity contribution in [1.82, 2.24) is 0 Å². The van der Waals surface area contributed by atoms with Crippen LogP contribution in [0.1, 0.15) is 39.0 Å². The van der Waals surface area contributed by atoms with Crippen LogP contribution in [0.3, 0.4) is 0 Å². The molecule has 1 saturated heterocycles. The molecule has 2 heteroatoms. The molecule has 1 aliphatic heterocycles. The number of unbranched alkanes of at least 4 members (excludes halogenated alkanes) is 4. The zero-order chi connectivity index (χ0) is 8.65. The summed E-state index contributed by atoms with van der Waals surface area (Å²) in [6, 6.07) is 0. The van der Waals surface area contributed by atoms with Gasteiger partial charge in [-0.05, 0) is 0 Å². The van der Waals surface area contributed by atoms with Crippen LogP contribution in [0.5, 0.6) is 0 Å². The second kappa shape index (κ2) is 6.94. The molecule has 1 fully saturated rings. The molecule has 12 heavy (non-hydrogen) atoms. The van der Waals surface area contributed by atoms with Gasteiger partial charge in [-0.3, -0.25) is 0 Å². The van der Waals surface area contributed by atoms with E-state index in [4.69, 9.17) is 4.74 Å². The molecule has 0 aromatic rings. The Morgan fingerprint density at radius 2 is 2.00 bits per heavy atom. The van der Waals surface area contributed by atoms with Crippen LogP contribution in [0.2, 0.25) is 10.6 Å². The van der Waals surface area contributed by atoms with Crippen LogP contribution in [0.25, 0.3) is 0 Å². The first kappa shape index (κ1) is 10.6. The van der Waals surface area contributed by atoms with E-state index in [9.17, 15) is 0 Å². The maximum absolute atomic E-state index is 5.17. The van der Waals surface area contributed by atoms with Gasteiger partial charge in [-0.25, -0.2) is 0 Å². The molecular weight excluding hydrogens is 215 g/mol. The third-order valence-electron chi connectivity index (χ3n) is 2.10. The molecule has 72 valence electrons. The molecule has 1 aliphatic rings. The van der Waals surface area contributed by atoms with E-state index >= 15 is 0 Å². The minimum atomic E-state index is 0.681. The Hall–Kier alpha value is 0.479. The molecule has 1 nitrogen and oxygen atoms in total. The Morgan fingerprint density at radius 3 is 2.67 bits per heavy atom. The SMILES string of the molecule is CCCCCCC[Se]CC1CO1. The summed E-state index contributed by atoms with van der Waals surface area (Å²) in [6.45, 7) is 3.33. The fourth-order valence-corrected chi connectivity index (χ4v) is 3.35. The summed E-state index contributed by atoms with van der Waals surface area (Å²) in [5.41, 5.74) is 0. The van der Waals surface area contributed by atoms with Gasteiger partial charge < -0.3 is 0 Å². The summed E-state index contributed by atoms with van der Waals surface area (Å²) < 4.78 is 5.17. The molecule has 1 unspecified atom stereocenters. The van der Waals surface area contributed by atoms with Crippen molar-refractivity contribution in [1.29, 1.82) is 0 Å². The van der Waals surface area contributed by atoms with Gasteiger partial charge in [-0.2, -0.15) is 0 Å². The molecule has 0 radical (unpaired) electrons. The van der Waals surface area contributed by atoms with Crippen molar-refractivity contribution in [3.63, 3.8) is 0 Å². The maximum atomic E-state index is 5.17. The third kappa shape index (κ3) is 6.05. The van der Waals surface area contributed by atoms with Crippen LogP contribution < -0.4 is 0 Å². The van der Waals surface area contributed by atoms with E-state index in [-0.39, 0.29) is 0 Å². The van der Waals surface area contributed by atoms with Gasteiger partial charge in [0.1, 0.15) is 0 Å². The van der Waals surface area contributed by atoms with Crippen LogP contribution >= 0.6 is 0 Å². The molecule has 0 aliphatic carbocycles. The Balaban J connectivity index is 1.65. The van der Waals surface area contributed by atoms with Gasteiger partial charge >= 0.3 is 82.1 Å². The first-order valence-electron chi connectivity index (χ1n) is 5.13. The Kier molecular flexibility index (Phi) is 6.11. The van der Waals surface area contributed by atoms with E-state index in [0.29, 0.717) is 6.10 Å². The second-order valence-electron chi connectivity index (χ2n) is 3.44. The van der Waals surface area contributed by atoms with E-state index in [1.165, 1.54) is 42.7 Å². The van der Waals surface area contributed by atoms with Crippen molar-refractivity contribution in [2.75, 3.05) is 6.61 Å².